The molecule has 0 saturated carbocycles. The van der Waals surface area contributed by atoms with Gasteiger partial charge in [0.25, 0.3) is 5.56 Å². The summed E-state index contributed by atoms with van der Waals surface area (Å²) in [5.74, 6) is -0.614. The van der Waals surface area contributed by atoms with E-state index in [4.69, 9.17) is 11.6 Å². The Kier molecular flexibility index (Phi) is 4.79. The lowest BCUT2D eigenvalue weighted by Crippen LogP contribution is -2.28. The highest BCUT2D eigenvalue weighted by Gasteiger charge is 2.31. The van der Waals surface area contributed by atoms with Gasteiger partial charge in [0.2, 0.25) is 5.91 Å². The monoisotopic (exact) mass is 344 g/mol. The number of carbonyl (C=O) groups is 1. The molecule has 0 atom stereocenters. The average Bonchev–Trinajstić information content (AvgIpc) is 2.43. The Balaban J connectivity index is 2.18. The zero-order chi connectivity index (χ0) is 17.2. The SMILES string of the molecule is Cc1cc(Cl)ccc1NC(=O)Cn1cc(C(F)(F)F)ccc1=O. The van der Waals surface area contributed by atoms with Crippen molar-refractivity contribution >= 4 is 23.2 Å². The molecule has 1 aromatic carbocycles. The number of carbonyl (C=O) groups excluding carboxylic acids is 1. The van der Waals surface area contributed by atoms with Gasteiger partial charge in [-0.15, -0.1) is 0 Å². The number of aromatic nitrogens is 1. The van der Waals surface area contributed by atoms with Crippen molar-refractivity contribution in [3.05, 3.63) is 63.0 Å². The molecule has 4 nitrogen and oxygen atoms in total. The molecule has 2 rings (SSSR count). The molecule has 23 heavy (non-hydrogen) atoms. The zero-order valence-electron chi connectivity index (χ0n) is 11.9. The summed E-state index contributed by atoms with van der Waals surface area (Å²) in [6.45, 7) is 1.20. The number of pyridine rings is 1. The molecule has 1 aromatic heterocycles. The Morgan fingerprint density at radius 1 is 1.26 bits per heavy atom. The van der Waals surface area contributed by atoms with Crippen LogP contribution in [0.2, 0.25) is 5.02 Å². The highest BCUT2D eigenvalue weighted by molar-refractivity contribution is 6.30. The molecule has 0 aliphatic carbocycles. The van der Waals surface area contributed by atoms with Crippen molar-refractivity contribution in [3.8, 4) is 0 Å². The summed E-state index contributed by atoms with van der Waals surface area (Å²) in [4.78, 5) is 23.5. The normalized spacial score (nSPS) is 11.3. The van der Waals surface area contributed by atoms with Crippen LogP contribution >= 0.6 is 11.6 Å². The third-order valence-corrected chi connectivity index (χ3v) is 3.32. The lowest BCUT2D eigenvalue weighted by Gasteiger charge is -2.12. The summed E-state index contributed by atoms with van der Waals surface area (Å²) in [6, 6.07) is 6.24. The molecule has 1 N–H and O–H groups in total. The molecule has 0 saturated heterocycles. The second-order valence-corrected chi connectivity index (χ2v) is 5.33. The van der Waals surface area contributed by atoms with Gasteiger partial charge in [0.1, 0.15) is 6.54 Å². The van der Waals surface area contributed by atoms with Gasteiger partial charge in [0, 0.05) is 23.0 Å². The fourth-order valence-electron chi connectivity index (χ4n) is 1.93. The summed E-state index contributed by atoms with van der Waals surface area (Å²) < 4.78 is 38.7. The minimum absolute atomic E-state index is 0.472. The van der Waals surface area contributed by atoms with E-state index in [9.17, 15) is 22.8 Å². The van der Waals surface area contributed by atoms with Crippen LogP contribution < -0.4 is 10.9 Å². The van der Waals surface area contributed by atoms with Crippen molar-refractivity contribution in [2.24, 2.45) is 0 Å². The predicted octanol–water partition coefficient (Wildman–Crippen LogP) is 3.47. The number of alkyl halides is 3. The number of anilines is 1. The molecule has 0 radical (unpaired) electrons. The molecule has 0 aliphatic rings. The Labute approximate surface area is 134 Å². The summed E-state index contributed by atoms with van der Waals surface area (Å²) in [7, 11) is 0. The Hall–Kier alpha value is -2.28. The van der Waals surface area contributed by atoms with Crippen molar-refractivity contribution < 1.29 is 18.0 Å². The van der Waals surface area contributed by atoms with Gasteiger partial charge in [0.15, 0.2) is 0 Å². The first-order valence-corrected chi connectivity index (χ1v) is 6.88. The lowest BCUT2D eigenvalue weighted by atomic mass is 10.2. The highest BCUT2D eigenvalue weighted by Crippen LogP contribution is 2.28. The number of hydrogen-bond acceptors (Lipinski definition) is 2. The van der Waals surface area contributed by atoms with E-state index < -0.39 is 29.8 Å². The maximum Gasteiger partial charge on any atom is 0.417 e. The standard InChI is InChI=1S/C15H12ClF3N2O2/c1-9-6-11(16)3-4-12(9)20-13(22)8-21-7-10(15(17,18)19)2-5-14(21)23/h2-7H,8H2,1H3,(H,20,22). The fraction of sp³-hybridized carbons (Fsp3) is 0.200. The molecule has 0 bridgehead atoms. The number of halogens is 4. The van der Waals surface area contributed by atoms with Gasteiger partial charge in [-0.05, 0) is 36.8 Å². The van der Waals surface area contributed by atoms with Crippen molar-refractivity contribution in [3.63, 3.8) is 0 Å². The van der Waals surface area contributed by atoms with Crippen LogP contribution in [0.15, 0.2) is 41.3 Å². The predicted molar refractivity (Wildman–Crippen MR) is 80.5 cm³/mol. The molecule has 122 valence electrons. The third kappa shape index (κ3) is 4.35. The summed E-state index contributed by atoms with van der Waals surface area (Å²) in [6.07, 6.45) is -3.96. The summed E-state index contributed by atoms with van der Waals surface area (Å²) in [5.41, 5.74) is -0.518. The number of nitrogens with zero attached hydrogens (tertiary/aromatic N) is 1. The highest BCUT2D eigenvalue weighted by atomic mass is 35.5. The van der Waals surface area contributed by atoms with E-state index in [-0.39, 0.29) is 0 Å². The van der Waals surface area contributed by atoms with Crippen molar-refractivity contribution in [1.82, 2.24) is 4.57 Å². The Bertz CT molecular complexity index is 800. The van der Waals surface area contributed by atoms with Crippen molar-refractivity contribution in [2.75, 3.05) is 5.32 Å². The van der Waals surface area contributed by atoms with Gasteiger partial charge in [-0.2, -0.15) is 13.2 Å². The van der Waals surface area contributed by atoms with Crippen LogP contribution in [0, 0.1) is 6.92 Å². The van der Waals surface area contributed by atoms with E-state index in [1.54, 1.807) is 25.1 Å². The summed E-state index contributed by atoms with van der Waals surface area (Å²) >= 11 is 5.80. The maximum absolute atomic E-state index is 12.6. The number of benzene rings is 1. The minimum Gasteiger partial charge on any atom is -0.324 e. The molecule has 0 spiro atoms. The van der Waals surface area contributed by atoms with Crippen LogP contribution in [0.1, 0.15) is 11.1 Å². The van der Waals surface area contributed by atoms with Crippen LogP contribution in [0.25, 0.3) is 0 Å². The largest absolute Gasteiger partial charge is 0.417 e. The zero-order valence-corrected chi connectivity index (χ0v) is 12.7. The van der Waals surface area contributed by atoms with Gasteiger partial charge >= 0.3 is 6.18 Å². The van der Waals surface area contributed by atoms with Crippen LogP contribution in [0.3, 0.4) is 0 Å². The van der Waals surface area contributed by atoms with E-state index in [1.165, 1.54) is 0 Å². The van der Waals surface area contributed by atoms with E-state index in [2.05, 4.69) is 5.32 Å². The van der Waals surface area contributed by atoms with Gasteiger partial charge in [-0.25, -0.2) is 0 Å². The van der Waals surface area contributed by atoms with Crippen molar-refractivity contribution in [2.45, 2.75) is 19.6 Å². The van der Waals surface area contributed by atoms with Crippen LogP contribution in [-0.4, -0.2) is 10.5 Å². The molecule has 0 unspecified atom stereocenters. The van der Waals surface area contributed by atoms with Gasteiger partial charge < -0.3 is 9.88 Å². The Morgan fingerprint density at radius 2 is 1.96 bits per heavy atom. The van der Waals surface area contributed by atoms with Crippen LogP contribution in [0.4, 0.5) is 18.9 Å². The molecule has 2 aromatic rings. The third-order valence-electron chi connectivity index (χ3n) is 3.09. The second-order valence-electron chi connectivity index (χ2n) is 4.89. The minimum atomic E-state index is -4.58. The first-order valence-electron chi connectivity index (χ1n) is 6.50. The van der Waals surface area contributed by atoms with E-state index in [1.807, 2.05) is 0 Å². The number of aryl methyl sites for hydroxylation is 1. The summed E-state index contributed by atoms with van der Waals surface area (Å²) in [5, 5.41) is 3.03. The van der Waals surface area contributed by atoms with E-state index >= 15 is 0 Å². The number of nitrogens with one attached hydrogen (secondary N) is 1. The molecule has 1 amide bonds. The molecular weight excluding hydrogens is 333 g/mol. The first kappa shape index (κ1) is 17.1. The topological polar surface area (TPSA) is 51.1 Å². The average molecular weight is 345 g/mol. The lowest BCUT2D eigenvalue weighted by molar-refractivity contribution is -0.138. The number of hydrogen-bond donors (Lipinski definition) is 1. The molecule has 0 fully saturated rings. The van der Waals surface area contributed by atoms with Crippen LogP contribution in [0.5, 0.6) is 0 Å². The van der Waals surface area contributed by atoms with Gasteiger partial charge in [-0.1, -0.05) is 11.6 Å². The second kappa shape index (κ2) is 6.45. The van der Waals surface area contributed by atoms with E-state index in [0.29, 0.717) is 33.1 Å². The smallest absolute Gasteiger partial charge is 0.324 e. The molecule has 0 aliphatic heterocycles. The Morgan fingerprint density at radius 3 is 2.57 bits per heavy atom. The molecular formula is C15H12ClF3N2O2. The van der Waals surface area contributed by atoms with Crippen LogP contribution in [-0.2, 0) is 17.5 Å². The maximum atomic E-state index is 12.6. The fourth-order valence-corrected chi connectivity index (χ4v) is 2.16. The van der Waals surface area contributed by atoms with Crippen molar-refractivity contribution in [1.29, 1.82) is 0 Å². The first-order chi connectivity index (χ1) is 10.7. The van der Waals surface area contributed by atoms with Gasteiger partial charge in [-0.3, -0.25) is 9.59 Å². The molecule has 8 heteroatoms. The number of amides is 1. The quantitative estimate of drug-likeness (QED) is 0.927. The number of rotatable bonds is 3. The van der Waals surface area contributed by atoms with Gasteiger partial charge in [0.05, 0.1) is 5.56 Å². The van der Waals surface area contributed by atoms with E-state index in [0.717, 1.165) is 6.07 Å². The molecule has 1 heterocycles.